The predicted octanol–water partition coefficient (Wildman–Crippen LogP) is 2.28. The van der Waals surface area contributed by atoms with Crippen molar-refractivity contribution in [3.8, 4) is 5.75 Å². The molecule has 0 bridgehead atoms. The summed E-state index contributed by atoms with van der Waals surface area (Å²) in [6.07, 6.45) is 0.514. The van der Waals surface area contributed by atoms with E-state index < -0.39 is 0 Å². The molecule has 3 nitrogen and oxygen atoms in total. The Hall–Kier alpha value is -1.51. The van der Waals surface area contributed by atoms with Crippen molar-refractivity contribution in [2.24, 2.45) is 0 Å². The number of hydrogen-bond acceptors (Lipinski definition) is 2. The van der Waals surface area contributed by atoms with Crippen LogP contribution in [0.15, 0.2) is 24.3 Å². The van der Waals surface area contributed by atoms with Gasteiger partial charge in [-0.15, -0.1) is 0 Å². The van der Waals surface area contributed by atoms with Crippen molar-refractivity contribution in [3.63, 3.8) is 0 Å². The second kappa shape index (κ2) is 5.39. The standard InChI is InChI=1S/C12H17NO2/c1-4-12(14)13-9(2)10-5-7-11(15-3)8-6-10/h5-9H,4H2,1-3H3,(H,13,14)/t9-/m0/s1. The van der Waals surface area contributed by atoms with Gasteiger partial charge in [0.25, 0.3) is 0 Å². The number of ether oxygens (including phenoxy) is 1. The second-order valence-corrected chi connectivity index (χ2v) is 3.42. The molecule has 0 unspecified atom stereocenters. The lowest BCUT2D eigenvalue weighted by Gasteiger charge is -2.13. The molecule has 0 saturated heterocycles. The van der Waals surface area contributed by atoms with E-state index >= 15 is 0 Å². The molecule has 0 aliphatic rings. The molecule has 0 aromatic heterocycles. The Bertz CT molecular complexity index is 319. The third kappa shape index (κ3) is 3.27. The number of carbonyl (C=O) groups is 1. The molecule has 15 heavy (non-hydrogen) atoms. The number of carbonyl (C=O) groups excluding carboxylic acids is 1. The summed E-state index contributed by atoms with van der Waals surface area (Å²) in [5, 5.41) is 2.90. The smallest absolute Gasteiger partial charge is 0.220 e. The topological polar surface area (TPSA) is 38.3 Å². The van der Waals surface area contributed by atoms with Crippen molar-refractivity contribution >= 4 is 5.91 Å². The van der Waals surface area contributed by atoms with Crippen LogP contribution in [0.4, 0.5) is 0 Å². The fourth-order valence-electron chi connectivity index (χ4n) is 1.32. The number of methoxy groups -OCH3 is 1. The van der Waals surface area contributed by atoms with Gasteiger partial charge in [-0.05, 0) is 24.6 Å². The molecule has 0 fully saturated rings. The maximum Gasteiger partial charge on any atom is 0.220 e. The number of amides is 1. The maximum absolute atomic E-state index is 11.2. The fraction of sp³-hybridized carbons (Fsp3) is 0.417. The van der Waals surface area contributed by atoms with Crippen molar-refractivity contribution in [3.05, 3.63) is 29.8 Å². The van der Waals surface area contributed by atoms with Gasteiger partial charge in [-0.3, -0.25) is 4.79 Å². The van der Waals surface area contributed by atoms with E-state index in [-0.39, 0.29) is 11.9 Å². The van der Waals surface area contributed by atoms with E-state index in [0.717, 1.165) is 11.3 Å². The lowest BCUT2D eigenvalue weighted by molar-refractivity contribution is -0.121. The summed E-state index contributed by atoms with van der Waals surface area (Å²) in [4.78, 5) is 11.2. The minimum absolute atomic E-state index is 0.0448. The van der Waals surface area contributed by atoms with Crippen molar-refractivity contribution in [1.82, 2.24) is 5.32 Å². The molecule has 0 radical (unpaired) electrons. The van der Waals surface area contributed by atoms with Crippen molar-refractivity contribution < 1.29 is 9.53 Å². The summed E-state index contributed by atoms with van der Waals surface area (Å²) in [5.41, 5.74) is 1.08. The Morgan fingerprint density at radius 1 is 1.40 bits per heavy atom. The maximum atomic E-state index is 11.2. The Morgan fingerprint density at radius 3 is 2.47 bits per heavy atom. The van der Waals surface area contributed by atoms with Crippen LogP contribution < -0.4 is 10.1 Å². The minimum Gasteiger partial charge on any atom is -0.497 e. The molecule has 1 aromatic carbocycles. The zero-order valence-electron chi connectivity index (χ0n) is 9.41. The van der Waals surface area contributed by atoms with Gasteiger partial charge < -0.3 is 10.1 Å². The summed E-state index contributed by atoms with van der Waals surface area (Å²) in [7, 11) is 1.64. The first-order valence-electron chi connectivity index (χ1n) is 5.10. The van der Waals surface area contributed by atoms with Gasteiger partial charge in [0.15, 0.2) is 0 Å². The quantitative estimate of drug-likeness (QED) is 0.822. The first-order chi connectivity index (χ1) is 7.17. The lowest BCUT2D eigenvalue weighted by atomic mass is 10.1. The van der Waals surface area contributed by atoms with Crippen LogP contribution in [0.5, 0.6) is 5.75 Å². The number of hydrogen-bond donors (Lipinski definition) is 1. The van der Waals surface area contributed by atoms with E-state index in [1.165, 1.54) is 0 Å². The van der Waals surface area contributed by atoms with Crippen molar-refractivity contribution in [2.75, 3.05) is 7.11 Å². The molecule has 1 aromatic rings. The van der Waals surface area contributed by atoms with Crippen LogP contribution in [0.3, 0.4) is 0 Å². The summed E-state index contributed by atoms with van der Waals surface area (Å²) in [6.45, 7) is 3.81. The Balaban J connectivity index is 2.65. The summed E-state index contributed by atoms with van der Waals surface area (Å²) in [6, 6.07) is 7.75. The molecule has 0 spiro atoms. The zero-order valence-corrected chi connectivity index (χ0v) is 9.41. The van der Waals surface area contributed by atoms with Crippen LogP contribution in [-0.4, -0.2) is 13.0 Å². The van der Waals surface area contributed by atoms with Gasteiger partial charge in [0, 0.05) is 6.42 Å². The van der Waals surface area contributed by atoms with Gasteiger partial charge in [0.1, 0.15) is 5.75 Å². The van der Waals surface area contributed by atoms with Gasteiger partial charge >= 0.3 is 0 Å². The molecular weight excluding hydrogens is 190 g/mol. The number of benzene rings is 1. The van der Waals surface area contributed by atoms with E-state index in [9.17, 15) is 4.79 Å². The van der Waals surface area contributed by atoms with E-state index in [1.54, 1.807) is 7.11 Å². The molecule has 1 atom stereocenters. The van der Waals surface area contributed by atoms with Crippen LogP contribution in [0.2, 0.25) is 0 Å². The highest BCUT2D eigenvalue weighted by atomic mass is 16.5. The van der Waals surface area contributed by atoms with E-state index in [4.69, 9.17) is 4.74 Å². The second-order valence-electron chi connectivity index (χ2n) is 3.42. The molecule has 82 valence electrons. The fourth-order valence-corrected chi connectivity index (χ4v) is 1.32. The van der Waals surface area contributed by atoms with Crippen LogP contribution in [0, 0.1) is 0 Å². The minimum atomic E-state index is 0.0448. The third-order valence-corrected chi connectivity index (χ3v) is 2.31. The highest BCUT2D eigenvalue weighted by Gasteiger charge is 2.07. The Labute approximate surface area is 90.4 Å². The molecule has 3 heteroatoms. The monoisotopic (exact) mass is 207 g/mol. The van der Waals surface area contributed by atoms with Crippen LogP contribution >= 0.6 is 0 Å². The molecule has 1 N–H and O–H groups in total. The first kappa shape index (κ1) is 11.6. The van der Waals surface area contributed by atoms with E-state index in [2.05, 4.69) is 5.32 Å². The molecule has 0 aliphatic heterocycles. The van der Waals surface area contributed by atoms with Gasteiger partial charge in [-0.1, -0.05) is 19.1 Å². The van der Waals surface area contributed by atoms with Gasteiger partial charge in [-0.2, -0.15) is 0 Å². The zero-order chi connectivity index (χ0) is 11.3. The molecule has 0 aliphatic carbocycles. The molecule has 0 heterocycles. The van der Waals surface area contributed by atoms with Crippen LogP contribution in [-0.2, 0) is 4.79 Å². The predicted molar refractivity (Wildman–Crippen MR) is 59.8 cm³/mol. The van der Waals surface area contributed by atoms with Crippen molar-refractivity contribution in [1.29, 1.82) is 0 Å². The third-order valence-electron chi connectivity index (χ3n) is 2.31. The van der Waals surface area contributed by atoms with E-state index in [1.807, 2.05) is 38.1 Å². The first-order valence-corrected chi connectivity index (χ1v) is 5.10. The molecule has 1 rings (SSSR count). The molecule has 1 amide bonds. The average molecular weight is 207 g/mol. The summed E-state index contributed by atoms with van der Waals surface area (Å²) < 4.78 is 5.06. The molecular formula is C12H17NO2. The van der Waals surface area contributed by atoms with Gasteiger partial charge in [0.05, 0.1) is 13.2 Å². The van der Waals surface area contributed by atoms with Crippen LogP contribution in [0.25, 0.3) is 0 Å². The largest absolute Gasteiger partial charge is 0.497 e. The Kier molecular flexibility index (Phi) is 4.16. The molecule has 0 saturated carbocycles. The summed E-state index contributed by atoms with van der Waals surface area (Å²) in [5.74, 6) is 0.895. The van der Waals surface area contributed by atoms with Gasteiger partial charge in [0.2, 0.25) is 5.91 Å². The van der Waals surface area contributed by atoms with E-state index in [0.29, 0.717) is 6.42 Å². The lowest BCUT2D eigenvalue weighted by Crippen LogP contribution is -2.25. The van der Waals surface area contributed by atoms with Gasteiger partial charge in [-0.25, -0.2) is 0 Å². The number of nitrogens with one attached hydrogen (secondary N) is 1. The SMILES string of the molecule is CCC(=O)N[C@@H](C)c1ccc(OC)cc1. The summed E-state index contributed by atoms with van der Waals surface area (Å²) >= 11 is 0. The van der Waals surface area contributed by atoms with Crippen molar-refractivity contribution in [2.45, 2.75) is 26.3 Å². The Morgan fingerprint density at radius 2 is 2.00 bits per heavy atom. The highest BCUT2D eigenvalue weighted by molar-refractivity contribution is 5.75. The average Bonchev–Trinajstić information content (AvgIpc) is 2.29. The number of rotatable bonds is 4. The highest BCUT2D eigenvalue weighted by Crippen LogP contribution is 2.17. The normalized spacial score (nSPS) is 11.9. The van der Waals surface area contributed by atoms with Crippen LogP contribution in [0.1, 0.15) is 31.9 Å².